The van der Waals surface area contributed by atoms with E-state index < -0.39 is 13.1 Å². The number of ether oxygens (including phenoxy) is 1. The molecule has 8 nitrogen and oxygen atoms in total. The summed E-state index contributed by atoms with van der Waals surface area (Å²) in [6.45, 7) is 2.83. The van der Waals surface area contributed by atoms with Crippen LogP contribution in [0.1, 0.15) is 35.2 Å². The molecule has 1 unspecified atom stereocenters. The maximum atomic E-state index is 12.4. The number of fused-ring (bicyclic) bond motifs is 1. The van der Waals surface area contributed by atoms with Crippen molar-refractivity contribution < 1.29 is 29.1 Å². The van der Waals surface area contributed by atoms with E-state index in [4.69, 9.17) is 9.39 Å². The first-order chi connectivity index (χ1) is 13.5. The Labute approximate surface area is 163 Å². The number of likely N-dealkylation sites (tertiary alicyclic amines) is 1. The third kappa shape index (κ3) is 3.95. The van der Waals surface area contributed by atoms with Crippen molar-refractivity contribution in [2.45, 2.75) is 38.1 Å². The highest BCUT2D eigenvalue weighted by Gasteiger charge is 2.36. The first-order valence-corrected chi connectivity index (χ1v) is 9.90. The van der Waals surface area contributed by atoms with Crippen molar-refractivity contribution in [3.63, 3.8) is 0 Å². The summed E-state index contributed by atoms with van der Waals surface area (Å²) < 4.78 is 11.2. The van der Waals surface area contributed by atoms with Gasteiger partial charge in [-0.1, -0.05) is 6.07 Å². The molecule has 3 heterocycles. The van der Waals surface area contributed by atoms with E-state index in [1.807, 2.05) is 0 Å². The minimum atomic E-state index is -1.15. The van der Waals surface area contributed by atoms with Crippen LogP contribution in [-0.4, -0.2) is 66.3 Å². The summed E-state index contributed by atoms with van der Waals surface area (Å²) in [5.41, 5.74) is 0.691. The number of hydrogen-bond acceptors (Lipinski definition) is 6. The van der Waals surface area contributed by atoms with E-state index in [1.54, 1.807) is 17.0 Å². The van der Waals surface area contributed by atoms with Crippen LogP contribution in [0, 0.1) is 5.92 Å². The van der Waals surface area contributed by atoms with Gasteiger partial charge in [0.05, 0.1) is 13.1 Å². The fraction of sp³-hybridized carbons (Fsp3) is 0.579. The molecule has 0 saturated carbocycles. The number of aromatic carboxylic acids is 1. The van der Waals surface area contributed by atoms with E-state index >= 15 is 0 Å². The molecule has 0 aliphatic carbocycles. The Kier molecular flexibility index (Phi) is 5.46. The molecule has 3 aliphatic rings. The molecule has 3 aliphatic heterocycles. The number of carbonyl (C=O) groups is 2. The number of piperidine rings is 1. The zero-order valence-electron chi connectivity index (χ0n) is 15.7. The molecule has 3 N–H and O–H groups in total. The van der Waals surface area contributed by atoms with E-state index in [0.29, 0.717) is 38.2 Å². The van der Waals surface area contributed by atoms with Gasteiger partial charge in [-0.15, -0.1) is 0 Å². The third-order valence-electron chi connectivity index (χ3n) is 5.69. The van der Waals surface area contributed by atoms with Crippen LogP contribution in [0.3, 0.4) is 0 Å². The summed E-state index contributed by atoms with van der Waals surface area (Å²) >= 11 is 0. The Bertz CT molecular complexity index is 761. The number of nitrogens with one attached hydrogen (secondary N) is 1. The normalized spacial score (nSPS) is 22.1. The molecule has 0 aromatic heterocycles. The predicted molar refractivity (Wildman–Crippen MR) is 102 cm³/mol. The smallest absolute Gasteiger partial charge is 0.522 e. The summed E-state index contributed by atoms with van der Waals surface area (Å²) in [4.78, 5) is 25.9. The highest BCUT2D eigenvalue weighted by atomic mass is 16.5. The highest BCUT2D eigenvalue weighted by molar-refractivity contribution is 6.44. The summed E-state index contributed by atoms with van der Waals surface area (Å²) in [6, 6.07) is 3.42. The van der Waals surface area contributed by atoms with Crippen LogP contribution in [0.15, 0.2) is 12.1 Å². The van der Waals surface area contributed by atoms with Gasteiger partial charge in [-0.25, -0.2) is 4.79 Å². The van der Waals surface area contributed by atoms with Gasteiger partial charge in [0.15, 0.2) is 0 Å². The van der Waals surface area contributed by atoms with Crippen molar-refractivity contribution >= 4 is 19.0 Å². The number of carboxylic acids is 1. The van der Waals surface area contributed by atoms with Crippen molar-refractivity contribution in [1.82, 2.24) is 10.2 Å². The zero-order valence-corrected chi connectivity index (χ0v) is 15.7. The second kappa shape index (κ2) is 8.01. The average molecular weight is 388 g/mol. The second-order valence-electron chi connectivity index (χ2n) is 7.80. The van der Waals surface area contributed by atoms with Crippen LogP contribution < -0.4 is 14.7 Å². The molecule has 1 amide bonds. The lowest BCUT2D eigenvalue weighted by Crippen LogP contribution is -2.56. The fourth-order valence-corrected chi connectivity index (χ4v) is 4.08. The largest absolute Gasteiger partial charge is 0.535 e. The molecule has 9 heteroatoms. The van der Waals surface area contributed by atoms with Gasteiger partial charge in [0.25, 0.3) is 0 Å². The van der Waals surface area contributed by atoms with Gasteiger partial charge < -0.3 is 29.7 Å². The summed E-state index contributed by atoms with van der Waals surface area (Å²) in [5.74, 6) is -0.235. The molecule has 2 saturated heterocycles. The standard InChI is InChI=1S/C19H25BN2O6/c23-16(8-12-2-1-7-21-9-12)22-10-14(11-22)27-15-4-3-13-5-6-20(26)28-18(13)17(15)19(24)25/h3-4,12,14,21,26H,1-2,5-11H2,(H,24,25). The molecule has 0 spiro atoms. The number of rotatable bonds is 5. The van der Waals surface area contributed by atoms with Crippen LogP contribution in [0.4, 0.5) is 0 Å². The molecule has 1 aromatic rings. The number of aryl methyl sites for hydroxylation is 1. The minimum absolute atomic E-state index is 0.0608. The maximum absolute atomic E-state index is 12.4. The van der Waals surface area contributed by atoms with Gasteiger partial charge in [-0.05, 0) is 56.2 Å². The zero-order chi connectivity index (χ0) is 19.7. The van der Waals surface area contributed by atoms with Gasteiger partial charge in [-0.3, -0.25) is 4.79 Å². The predicted octanol–water partition coefficient (Wildman–Crippen LogP) is 0.779. The summed E-state index contributed by atoms with van der Waals surface area (Å²) in [7, 11) is -1.01. The van der Waals surface area contributed by atoms with Gasteiger partial charge in [-0.2, -0.15) is 0 Å². The molecule has 1 aromatic carbocycles. The first kappa shape index (κ1) is 19.1. The van der Waals surface area contributed by atoms with Gasteiger partial charge >= 0.3 is 13.1 Å². The lowest BCUT2D eigenvalue weighted by Gasteiger charge is -2.40. The molecule has 150 valence electrons. The average Bonchev–Trinajstić information content (AvgIpc) is 2.64. The van der Waals surface area contributed by atoms with Gasteiger partial charge in [0.2, 0.25) is 5.91 Å². The second-order valence-corrected chi connectivity index (χ2v) is 7.80. The van der Waals surface area contributed by atoms with Crippen molar-refractivity contribution in [2.24, 2.45) is 5.92 Å². The molecule has 4 rings (SSSR count). The van der Waals surface area contributed by atoms with E-state index in [9.17, 15) is 19.7 Å². The number of nitrogens with zero attached hydrogens (tertiary/aromatic N) is 1. The quantitative estimate of drug-likeness (QED) is 0.640. The van der Waals surface area contributed by atoms with Gasteiger partial charge in [0, 0.05) is 6.42 Å². The molecule has 0 bridgehead atoms. The molecule has 0 radical (unpaired) electrons. The lowest BCUT2D eigenvalue weighted by atomic mass is 9.78. The Hall–Kier alpha value is -2.26. The third-order valence-corrected chi connectivity index (χ3v) is 5.69. The van der Waals surface area contributed by atoms with E-state index in [-0.39, 0.29) is 29.1 Å². The van der Waals surface area contributed by atoms with E-state index in [1.165, 1.54) is 0 Å². The number of amides is 1. The van der Waals surface area contributed by atoms with Crippen LogP contribution in [-0.2, 0) is 11.2 Å². The summed E-state index contributed by atoms with van der Waals surface area (Å²) in [6.07, 6.45) is 3.48. The molecule has 1 atom stereocenters. The van der Waals surface area contributed by atoms with Crippen LogP contribution >= 0.6 is 0 Å². The number of carbonyl (C=O) groups excluding carboxylic acids is 1. The lowest BCUT2D eigenvalue weighted by molar-refractivity contribution is -0.141. The SMILES string of the molecule is O=C(O)c1c(OC2CN(C(=O)CC3CCCNC3)C2)ccc2c1OB(O)CC2. The van der Waals surface area contributed by atoms with Crippen molar-refractivity contribution in [3.05, 3.63) is 23.3 Å². The summed E-state index contributed by atoms with van der Waals surface area (Å²) in [5, 5.41) is 22.7. The first-order valence-electron chi connectivity index (χ1n) is 9.90. The number of hydrogen-bond donors (Lipinski definition) is 3. The van der Waals surface area contributed by atoms with Crippen molar-refractivity contribution in [3.8, 4) is 11.5 Å². The molecular weight excluding hydrogens is 363 g/mol. The van der Waals surface area contributed by atoms with Crippen LogP contribution in [0.2, 0.25) is 6.32 Å². The highest BCUT2D eigenvalue weighted by Crippen LogP contribution is 2.37. The molecule has 28 heavy (non-hydrogen) atoms. The topological polar surface area (TPSA) is 108 Å². The van der Waals surface area contributed by atoms with Crippen LogP contribution in [0.5, 0.6) is 11.5 Å². The maximum Gasteiger partial charge on any atom is 0.522 e. The van der Waals surface area contributed by atoms with Crippen molar-refractivity contribution in [2.75, 3.05) is 26.2 Å². The molecule has 2 fully saturated rings. The number of carboxylic acid groups (broad SMARTS) is 1. The van der Waals surface area contributed by atoms with Gasteiger partial charge in [0.1, 0.15) is 23.2 Å². The monoisotopic (exact) mass is 388 g/mol. The Morgan fingerprint density at radius 3 is 2.89 bits per heavy atom. The van der Waals surface area contributed by atoms with E-state index in [0.717, 1.165) is 31.5 Å². The Morgan fingerprint density at radius 1 is 1.36 bits per heavy atom. The Balaban J connectivity index is 1.37. The Morgan fingerprint density at radius 2 is 2.18 bits per heavy atom. The minimum Gasteiger partial charge on any atom is -0.535 e. The van der Waals surface area contributed by atoms with E-state index in [2.05, 4.69) is 5.32 Å². The molecular formula is C19H25BN2O6. The van der Waals surface area contributed by atoms with Crippen LogP contribution in [0.25, 0.3) is 0 Å². The van der Waals surface area contributed by atoms with Crippen molar-refractivity contribution in [1.29, 1.82) is 0 Å². The number of benzene rings is 1. The fourth-order valence-electron chi connectivity index (χ4n) is 4.08.